The summed E-state index contributed by atoms with van der Waals surface area (Å²) in [4.78, 5) is 0. The van der Waals surface area contributed by atoms with Crippen molar-refractivity contribution in [1.29, 1.82) is 0 Å². The second-order valence-electron chi connectivity index (χ2n) is 2.70. The Kier molecular flexibility index (Phi) is 4.09. The van der Waals surface area contributed by atoms with Gasteiger partial charge in [0.05, 0.1) is 18.3 Å². The summed E-state index contributed by atoms with van der Waals surface area (Å²) in [7, 11) is 1.68. The molecule has 0 radical (unpaired) electrons. The highest BCUT2D eigenvalue weighted by molar-refractivity contribution is 9.09. The maximum atomic E-state index is 5.21. The van der Waals surface area contributed by atoms with Gasteiger partial charge in [0, 0.05) is 0 Å². The number of hydrogen-bond acceptors (Lipinski definition) is 2. The Hall–Kier alpha value is -0.700. The average Bonchev–Trinajstić information content (AvgIpc) is 2.18. The van der Waals surface area contributed by atoms with E-state index < -0.39 is 0 Å². The molecule has 0 heterocycles. The zero-order valence-electron chi connectivity index (χ0n) is 7.93. The van der Waals surface area contributed by atoms with E-state index in [1.54, 1.807) is 7.11 Å². The quantitative estimate of drug-likeness (QED) is 0.649. The molecule has 0 spiro atoms. The molecule has 1 N–H and O–H groups in total. The fourth-order valence-corrected chi connectivity index (χ4v) is 1.49. The molecule has 0 aliphatic carbocycles. The summed E-state index contributed by atoms with van der Waals surface area (Å²) in [5.41, 5.74) is 3.08. The number of rotatable bonds is 4. The summed E-state index contributed by atoms with van der Waals surface area (Å²) >= 11 is 3.33. The molecule has 0 fully saturated rings. The van der Waals surface area contributed by atoms with E-state index in [0.717, 1.165) is 23.3 Å². The van der Waals surface area contributed by atoms with Gasteiger partial charge in [0.2, 0.25) is 0 Å². The Balaban J connectivity index is 2.95. The standard InChI is InChI=1S/C10H14BrNO/c1-3-8-4-5-10(13-2)9(6-8)12-7-11/h4-6,12H,3,7H2,1-2H3. The average molecular weight is 244 g/mol. The van der Waals surface area contributed by atoms with Gasteiger partial charge in [-0.05, 0) is 24.1 Å². The molecule has 0 unspecified atom stereocenters. The number of alkyl halides is 1. The SMILES string of the molecule is CCc1ccc(OC)c(NCBr)c1. The highest BCUT2D eigenvalue weighted by Crippen LogP contribution is 2.25. The third-order valence-electron chi connectivity index (χ3n) is 1.93. The van der Waals surface area contributed by atoms with E-state index in [2.05, 4.69) is 40.3 Å². The maximum Gasteiger partial charge on any atom is 0.141 e. The van der Waals surface area contributed by atoms with Crippen LogP contribution in [0.2, 0.25) is 0 Å². The van der Waals surface area contributed by atoms with Gasteiger partial charge in [0.25, 0.3) is 0 Å². The number of hydrogen-bond donors (Lipinski definition) is 1. The second-order valence-corrected chi connectivity index (χ2v) is 3.26. The molecule has 72 valence electrons. The molecule has 0 saturated carbocycles. The lowest BCUT2D eigenvalue weighted by Gasteiger charge is -2.10. The third-order valence-corrected chi connectivity index (χ3v) is 2.21. The highest BCUT2D eigenvalue weighted by atomic mass is 79.9. The number of benzene rings is 1. The Labute approximate surface area is 87.4 Å². The minimum Gasteiger partial charge on any atom is -0.495 e. The minimum atomic E-state index is 0.733. The van der Waals surface area contributed by atoms with Crippen LogP contribution in [-0.4, -0.2) is 12.6 Å². The molecule has 0 saturated heterocycles. The van der Waals surface area contributed by atoms with E-state index >= 15 is 0 Å². The lowest BCUT2D eigenvalue weighted by Crippen LogP contribution is -1.98. The molecule has 1 rings (SSSR count). The Morgan fingerprint density at radius 2 is 2.23 bits per heavy atom. The number of methoxy groups -OCH3 is 1. The Bertz CT molecular complexity index is 276. The number of nitrogens with one attached hydrogen (secondary N) is 1. The van der Waals surface area contributed by atoms with Crippen molar-refractivity contribution in [1.82, 2.24) is 0 Å². The van der Waals surface area contributed by atoms with Gasteiger partial charge in [0.15, 0.2) is 0 Å². The Morgan fingerprint density at radius 3 is 2.77 bits per heavy atom. The third kappa shape index (κ3) is 2.62. The lowest BCUT2D eigenvalue weighted by molar-refractivity contribution is 0.416. The number of anilines is 1. The van der Waals surface area contributed by atoms with Gasteiger partial charge in [-0.1, -0.05) is 28.9 Å². The molecule has 3 heteroatoms. The fraction of sp³-hybridized carbons (Fsp3) is 0.400. The van der Waals surface area contributed by atoms with Crippen LogP contribution in [0.15, 0.2) is 18.2 Å². The zero-order valence-corrected chi connectivity index (χ0v) is 9.52. The molecule has 2 nitrogen and oxygen atoms in total. The van der Waals surface area contributed by atoms with Crippen molar-refractivity contribution in [3.63, 3.8) is 0 Å². The summed E-state index contributed by atoms with van der Waals surface area (Å²) in [5, 5.41) is 3.19. The predicted octanol–water partition coefficient (Wildman–Crippen LogP) is 3.02. The minimum absolute atomic E-state index is 0.733. The van der Waals surface area contributed by atoms with Gasteiger partial charge in [-0.3, -0.25) is 0 Å². The monoisotopic (exact) mass is 243 g/mol. The van der Waals surface area contributed by atoms with Crippen LogP contribution in [0.25, 0.3) is 0 Å². The van der Waals surface area contributed by atoms with Crippen molar-refractivity contribution < 1.29 is 4.74 Å². The van der Waals surface area contributed by atoms with Crippen LogP contribution in [0, 0.1) is 0 Å². The fourth-order valence-electron chi connectivity index (χ4n) is 1.19. The van der Waals surface area contributed by atoms with Crippen molar-refractivity contribution in [3.8, 4) is 5.75 Å². The topological polar surface area (TPSA) is 21.3 Å². The van der Waals surface area contributed by atoms with Gasteiger partial charge in [-0.25, -0.2) is 0 Å². The van der Waals surface area contributed by atoms with Crippen molar-refractivity contribution >= 4 is 21.6 Å². The van der Waals surface area contributed by atoms with E-state index in [-0.39, 0.29) is 0 Å². The smallest absolute Gasteiger partial charge is 0.141 e. The molecule has 13 heavy (non-hydrogen) atoms. The van der Waals surface area contributed by atoms with Crippen molar-refractivity contribution in [3.05, 3.63) is 23.8 Å². The summed E-state index contributed by atoms with van der Waals surface area (Å²) < 4.78 is 5.21. The van der Waals surface area contributed by atoms with Gasteiger partial charge >= 0.3 is 0 Å². The molecule has 0 aromatic heterocycles. The first-order valence-electron chi connectivity index (χ1n) is 4.28. The summed E-state index contributed by atoms with van der Waals surface area (Å²) in [6.45, 7) is 2.14. The maximum absolute atomic E-state index is 5.21. The number of ether oxygens (including phenoxy) is 1. The first-order chi connectivity index (χ1) is 6.31. The normalized spacial score (nSPS) is 9.77. The molecule has 0 aliphatic heterocycles. The van der Waals surface area contributed by atoms with Crippen LogP contribution < -0.4 is 10.1 Å². The molecule has 0 atom stereocenters. The van der Waals surface area contributed by atoms with Gasteiger partial charge in [-0.2, -0.15) is 0 Å². The van der Waals surface area contributed by atoms with Gasteiger partial charge < -0.3 is 10.1 Å². The molecular weight excluding hydrogens is 230 g/mol. The van der Waals surface area contributed by atoms with E-state index in [0.29, 0.717) is 0 Å². The number of halogens is 1. The number of aryl methyl sites for hydroxylation is 1. The highest BCUT2D eigenvalue weighted by Gasteiger charge is 2.01. The van der Waals surface area contributed by atoms with Gasteiger partial charge in [0.1, 0.15) is 5.75 Å². The molecule has 1 aromatic carbocycles. The largest absolute Gasteiger partial charge is 0.495 e. The molecule has 0 amide bonds. The van der Waals surface area contributed by atoms with Crippen LogP contribution in [0.5, 0.6) is 5.75 Å². The van der Waals surface area contributed by atoms with Crippen LogP contribution in [-0.2, 0) is 6.42 Å². The first-order valence-corrected chi connectivity index (χ1v) is 5.40. The van der Waals surface area contributed by atoms with E-state index in [1.807, 2.05) is 6.07 Å². The van der Waals surface area contributed by atoms with Crippen molar-refractivity contribution in [2.75, 3.05) is 17.9 Å². The second kappa shape index (κ2) is 5.12. The summed E-state index contributed by atoms with van der Waals surface area (Å²) in [5.74, 6) is 0.886. The molecular formula is C10H14BrNO. The van der Waals surface area contributed by atoms with Gasteiger partial charge in [-0.15, -0.1) is 0 Å². The van der Waals surface area contributed by atoms with Crippen molar-refractivity contribution in [2.45, 2.75) is 13.3 Å². The predicted molar refractivity (Wildman–Crippen MR) is 59.8 cm³/mol. The molecule has 0 aliphatic rings. The summed E-state index contributed by atoms with van der Waals surface area (Å²) in [6, 6.07) is 6.18. The molecule has 1 aromatic rings. The van der Waals surface area contributed by atoms with E-state index in [1.165, 1.54) is 5.56 Å². The van der Waals surface area contributed by atoms with E-state index in [9.17, 15) is 0 Å². The lowest BCUT2D eigenvalue weighted by atomic mass is 10.1. The van der Waals surface area contributed by atoms with Crippen LogP contribution in [0.3, 0.4) is 0 Å². The zero-order chi connectivity index (χ0) is 9.68. The van der Waals surface area contributed by atoms with Crippen molar-refractivity contribution in [2.24, 2.45) is 0 Å². The Morgan fingerprint density at radius 1 is 1.46 bits per heavy atom. The first kappa shape index (κ1) is 10.4. The molecule has 0 bridgehead atoms. The van der Waals surface area contributed by atoms with Crippen LogP contribution in [0.4, 0.5) is 5.69 Å². The van der Waals surface area contributed by atoms with Crippen LogP contribution in [0.1, 0.15) is 12.5 Å². The van der Waals surface area contributed by atoms with Crippen LogP contribution >= 0.6 is 15.9 Å². The summed E-state index contributed by atoms with van der Waals surface area (Å²) in [6.07, 6.45) is 1.04. The van der Waals surface area contributed by atoms with E-state index in [4.69, 9.17) is 4.74 Å².